The number of carbonyl (C=O) groups is 1. The number of hydrogen-bond donors (Lipinski definition) is 3. The minimum Gasteiger partial charge on any atom is -0.388 e. The number of ether oxygens (including phenoxy) is 1. The molecule has 0 saturated carbocycles. The molecule has 13 heavy (non-hydrogen) atoms. The second-order valence-corrected chi connectivity index (χ2v) is 3.34. The lowest BCUT2D eigenvalue weighted by Gasteiger charge is -2.40. The number of amides is 1. The molecule has 5 heteroatoms. The zero-order valence-electron chi connectivity index (χ0n) is 7.68. The molecule has 0 bridgehead atoms. The molecule has 1 saturated heterocycles. The van der Waals surface area contributed by atoms with E-state index < -0.39 is 24.4 Å². The van der Waals surface area contributed by atoms with Crippen LogP contribution in [0.2, 0.25) is 0 Å². The Hall–Kier alpha value is -0.650. The second-order valence-electron chi connectivity index (χ2n) is 3.34. The standard InChI is InChI=1S/C8H15NO4/c1-4-6(9-3-10)8(12)7(11)5(2)13-4/h3-8,11-12H,1-2H3,(H,9,10)/t4?,5-,6+,7?,8-/m0/s1. The third-order valence-corrected chi connectivity index (χ3v) is 2.39. The van der Waals surface area contributed by atoms with Gasteiger partial charge in [0.2, 0.25) is 6.41 Å². The average molecular weight is 189 g/mol. The Balaban J connectivity index is 2.66. The topological polar surface area (TPSA) is 78.8 Å². The van der Waals surface area contributed by atoms with E-state index in [9.17, 15) is 15.0 Å². The molecule has 5 atom stereocenters. The van der Waals surface area contributed by atoms with Gasteiger partial charge in [0.05, 0.1) is 18.2 Å². The van der Waals surface area contributed by atoms with Gasteiger partial charge >= 0.3 is 0 Å². The molecule has 0 radical (unpaired) electrons. The maximum atomic E-state index is 10.2. The van der Waals surface area contributed by atoms with E-state index in [1.54, 1.807) is 13.8 Å². The fourth-order valence-electron chi connectivity index (χ4n) is 1.58. The van der Waals surface area contributed by atoms with Crippen molar-refractivity contribution >= 4 is 6.41 Å². The molecule has 1 aliphatic rings. The lowest BCUT2D eigenvalue weighted by atomic mass is 9.94. The highest BCUT2D eigenvalue weighted by molar-refractivity contribution is 5.47. The Morgan fingerprint density at radius 1 is 1.23 bits per heavy atom. The first-order valence-electron chi connectivity index (χ1n) is 4.29. The predicted octanol–water partition coefficient (Wildman–Crippen LogP) is -1.37. The van der Waals surface area contributed by atoms with Gasteiger partial charge in [0.15, 0.2) is 0 Å². The van der Waals surface area contributed by atoms with Gasteiger partial charge in [0.25, 0.3) is 0 Å². The summed E-state index contributed by atoms with van der Waals surface area (Å²) in [5.74, 6) is 0. The zero-order valence-corrected chi connectivity index (χ0v) is 7.68. The van der Waals surface area contributed by atoms with Gasteiger partial charge in [-0.1, -0.05) is 0 Å². The third kappa shape index (κ3) is 1.99. The molecule has 0 aliphatic carbocycles. The van der Waals surface area contributed by atoms with Crippen molar-refractivity contribution in [2.75, 3.05) is 0 Å². The summed E-state index contributed by atoms with van der Waals surface area (Å²) in [7, 11) is 0. The van der Waals surface area contributed by atoms with Crippen molar-refractivity contribution in [3.8, 4) is 0 Å². The van der Waals surface area contributed by atoms with Gasteiger partial charge < -0.3 is 20.3 Å². The van der Waals surface area contributed by atoms with E-state index >= 15 is 0 Å². The van der Waals surface area contributed by atoms with Crippen LogP contribution in [0.15, 0.2) is 0 Å². The van der Waals surface area contributed by atoms with Crippen molar-refractivity contribution in [1.29, 1.82) is 0 Å². The molecule has 0 aromatic rings. The monoisotopic (exact) mass is 189 g/mol. The molecule has 76 valence electrons. The Bertz CT molecular complexity index is 187. The van der Waals surface area contributed by atoms with Crippen molar-refractivity contribution in [1.82, 2.24) is 5.32 Å². The number of aliphatic hydroxyl groups is 2. The normalized spacial score (nSPS) is 45.7. The van der Waals surface area contributed by atoms with Crippen molar-refractivity contribution in [2.24, 2.45) is 0 Å². The van der Waals surface area contributed by atoms with Gasteiger partial charge in [-0.05, 0) is 13.8 Å². The first-order chi connectivity index (χ1) is 6.07. The van der Waals surface area contributed by atoms with Crippen LogP contribution in [0.25, 0.3) is 0 Å². The summed E-state index contributed by atoms with van der Waals surface area (Å²) in [4.78, 5) is 10.2. The molecule has 5 nitrogen and oxygen atoms in total. The Morgan fingerprint density at radius 3 is 2.38 bits per heavy atom. The third-order valence-electron chi connectivity index (χ3n) is 2.39. The Kier molecular flexibility index (Phi) is 3.24. The summed E-state index contributed by atoms with van der Waals surface area (Å²) in [6.45, 7) is 3.42. The van der Waals surface area contributed by atoms with Crippen LogP contribution in [0, 0.1) is 0 Å². The minimum atomic E-state index is -0.969. The number of aliphatic hydroxyl groups excluding tert-OH is 2. The second kappa shape index (κ2) is 4.04. The number of nitrogens with one attached hydrogen (secondary N) is 1. The largest absolute Gasteiger partial charge is 0.388 e. The number of rotatable bonds is 2. The van der Waals surface area contributed by atoms with Gasteiger partial charge in [-0.25, -0.2) is 0 Å². The van der Waals surface area contributed by atoms with E-state index in [0.717, 1.165) is 0 Å². The van der Waals surface area contributed by atoms with E-state index in [0.29, 0.717) is 6.41 Å². The summed E-state index contributed by atoms with van der Waals surface area (Å²) >= 11 is 0. The summed E-state index contributed by atoms with van der Waals surface area (Å²) < 4.78 is 5.30. The zero-order chi connectivity index (χ0) is 10.0. The van der Waals surface area contributed by atoms with Crippen molar-refractivity contribution in [3.63, 3.8) is 0 Å². The molecule has 0 spiro atoms. The maximum absolute atomic E-state index is 10.2. The molecular formula is C8H15NO4. The van der Waals surface area contributed by atoms with Gasteiger partial charge in [-0.3, -0.25) is 4.79 Å². The van der Waals surface area contributed by atoms with Crippen molar-refractivity contribution in [2.45, 2.75) is 44.3 Å². The highest BCUT2D eigenvalue weighted by atomic mass is 16.5. The van der Waals surface area contributed by atoms with Crippen LogP contribution < -0.4 is 5.32 Å². The smallest absolute Gasteiger partial charge is 0.207 e. The summed E-state index contributed by atoms with van der Waals surface area (Å²) in [5, 5.41) is 21.4. The van der Waals surface area contributed by atoms with Crippen molar-refractivity contribution < 1.29 is 19.7 Å². The summed E-state index contributed by atoms with van der Waals surface area (Å²) in [5.41, 5.74) is 0. The van der Waals surface area contributed by atoms with Gasteiger partial charge in [-0.2, -0.15) is 0 Å². The van der Waals surface area contributed by atoms with Crippen LogP contribution in [-0.2, 0) is 9.53 Å². The van der Waals surface area contributed by atoms with Crippen LogP contribution in [0.3, 0.4) is 0 Å². The summed E-state index contributed by atoms with van der Waals surface area (Å²) in [6.07, 6.45) is -2.12. The quantitative estimate of drug-likeness (QED) is 0.468. The molecule has 0 aromatic heterocycles. The Morgan fingerprint density at radius 2 is 1.85 bits per heavy atom. The molecular weight excluding hydrogens is 174 g/mol. The maximum Gasteiger partial charge on any atom is 0.207 e. The van der Waals surface area contributed by atoms with Gasteiger partial charge in [-0.15, -0.1) is 0 Å². The van der Waals surface area contributed by atoms with Crippen LogP contribution in [0.1, 0.15) is 13.8 Å². The lowest BCUT2D eigenvalue weighted by molar-refractivity contribution is -0.173. The van der Waals surface area contributed by atoms with E-state index in [4.69, 9.17) is 4.74 Å². The van der Waals surface area contributed by atoms with Gasteiger partial charge in [0.1, 0.15) is 12.2 Å². The van der Waals surface area contributed by atoms with Crippen LogP contribution in [0.5, 0.6) is 0 Å². The summed E-state index contributed by atoms with van der Waals surface area (Å²) in [6, 6.07) is -0.538. The minimum absolute atomic E-state index is 0.293. The fourth-order valence-corrected chi connectivity index (χ4v) is 1.58. The predicted molar refractivity (Wildman–Crippen MR) is 45.0 cm³/mol. The molecule has 1 fully saturated rings. The molecule has 1 heterocycles. The van der Waals surface area contributed by atoms with Crippen LogP contribution >= 0.6 is 0 Å². The Labute approximate surface area is 76.7 Å². The lowest BCUT2D eigenvalue weighted by Crippen LogP contribution is -2.60. The average Bonchev–Trinajstić information content (AvgIpc) is 2.09. The fraction of sp³-hybridized carbons (Fsp3) is 0.875. The van der Waals surface area contributed by atoms with Crippen LogP contribution in [0.4, 0.5) is 0 Å². The van der Waals surface area contributed by atoms with E-state index in [2.05, 4.69) is 5.32 Å². The molecule has 1 aliphatic heterocycles. The first-order valence-corrected chi connectivity index (χ1v) is 4.29. The molecule has 1 rings (SSSR count). The SMILES string of the molecule is CC1O[C@@H](C)C(O)[C@@H](O)[C@@H]1NC=O. The molecule has 3 N–H and O–H groups in total. The van der Waals surface area contributed by atoms with Gasteiger partial charge in [0, 0.05) is 0 Å². The molecule has 1 amide bonds. The highest BCUT2D eigenvalue weighted by Crippen LogP contribution is 2.20. The van der Waals surface area contributed by atoms with Crippen molar-refractivity contribution in [3.05, 3.63) is 0 Å². The molecule has 2 unspecified atom stereocenters. The first kappa shape index (κ1) is 10.4. The van der Waals surface area contributed by atoms with Crippen LogP contribution in [-0.4, -0.2) is 47.1 Å². The highest BCUT2D eigenvalue weighted by Gasteiger charge is 2.40. The number of carbonyl (C=O) groups excluding carboxylic acids is 1. The van der Waals surface area contributed by atoms with E-state index in [1.807, 2.05) is 0 Å². The van der Waals surface area contributed by atoms with E-state index in [-0.39, 0.29) is 6.10 Å². The number of hydrogen-bond acceptors (Lipinski definition) is 4. The van der Waals surface area contributed by atoms with E-state index in [1.165, 1.54) is 0 Å². The molecule has 0 aromatic carbocycles.